The van der Waals surface area contributed by atoms with Crippen LogP contribution in [0.25, 0.3) is 0 Å². The van der Waals surface area contributed by atoms with Gasteiger partial charge in [0, 0.05) is 19.3 Å². The van der Waals surface area contributed by atoms with E-state index in [-0.39, 0.29) is 25.9 Å². The van der Waals surface area contributed by atoms with Crippen LogP contribution in [0, 0.1) is 0 Å². The first-order valence-electron chi connectivity index (χ1n) is 28.8. The van der Waals surface area contributed by atoms with Crippen molar-refractivity contribution in [2.75, 3.05) is 26.4 Å². The normalized spacial score (nSPS) is 13.9. The van der Waals surface area contributed by atoms with Gasteiger partial charge in [-0.25, -0.2) is 4.57 Å². The van der Waals surface area contributed by atoms with Gasteiger partial charge in [-0.2, -0.15) is 0 Å². The van der Waals surface area contributed by atoms with Crippen LogP contribution in [-0.2, 0) is 42.2 Å². The van der Waals surface area contributed by atoms with Gasteiger partial charge in [0.05, 0.1) is 19.8 Å². The van der Waals surface area contributed by atoms with Crippen molar-refractivity contribution in [3.05, 3.63) is 72.9 Å². The second kappa shape index (κ2) is 54.2. The number of unbranched alkanes of at least 4 members (excludes halogenated alkanes) is 24. The first kappa shape index (κ1) is 68.9. The molecule has 2 N–H and O–H groups in total. The van der Waals surface area contributed by atoms with Crippen LogP contribution in [-0.4, -0.2) is 66.5 Å². The predicted octanol–water partition coefficient (Wildman–Crippen LogP) is 16.9. The topological polar surface area (TPSA) is 155 Å². The van der Waals surface area contributed by atoms with Crippen molar-refractivity contribution >= 4 is 25.7 Å². The lowest BCUT2D eigenvalue weighted by Gasteiger charge is -2.21. The number of phosphoric ester groups is 1. The Kier molecular flexibility index (Phi) is 51.9. The van der Waals surface area contributed by atoms with Gasteiger partial charge in [0.25, 0.3) is 0 Å². The van der Waals surface area contributed by atoms with E-state index in [1.54, 1.807) is 0 Å². The van der Waals surface area contributed by atoms with Crippen LogP contribution in [0.5, 0.6) is 0 Å². The standard InChI is InChI=1S/C60H105O11P/c1-4-7-10-13-16-19-22-24-26-27-28-29-31-33-36-39-42-45-48-51-60(64)71-57(53-67-58(62)49-46-43-40-37-35-32-30-25-23-20-17-14-11-8-5-2)55-69-72(65,66)68-54-56(52-61)70-59(63)50-47-44-41-38-34-21-18-15-12-9-6-3/h15-20,24-26,28-30,56-57,61H,4-14,21-23,27,31-55H2,1-3H3,(H,65,66)/b18-15-,19-16-,20-17-,26-24-,29-28-,30-25-. The molecular formula is C60H105O11P. The average Bonchev–Trinajstić information content (AvgIpc) is 3.37. The molecular weight excluding hydrogens is 928 g/mol. The Bertz CT molecular complexity index is 1490. The molecule has 0 amide bonds. The third-order valence-corrected chi connectivity index (χ3v) is 13.0. The van der Waals surface area contributed by atoms with E-state index in [1.165, 1.54) is 57.8 Å². The zero-order valence-electron chi connectivity index (χ0n) is 45.9. The van der Waals surface area contributed by atoms with Crippen molar-refractivity contribution < 1.29 is 52.2 Å². The van der Waals surface area contributed by atoms with Crippen LogP contribution in [0.1, 0.15) is 252 Å². The number of hydrogen-bond acceptors (Lipinski definition) is 10. The molecule has 0 aliphatic carbocycles. The van der Waals surface area contributed by atoms with E-state index < -0.39 is 57.8 Å². The Labute approximate surface area is 439 Å². The number of allylic oxidation sites excluding steroid dienone is 12. The highest BCUT2D eigenvalue weighted by Gasteiger charge is 2.28. The predicted molar refractivity (Wildman–Crippen MR) is 298 cm³/mol. The summed E-state index contributed by atoms with van der Waals surface area (Å²) < 4.78 is 39.5. The molecule has 416 valence electrons. The number of ether oxygens (including phenoxy) is 3. The fraction of sp³-hybridized carbons (Fsp3) is 0.750. The number of aliphatic hydroxyl groups excluding tert-OH is 1. The molecule has 0 aromatic rings. The maximum atomic E-state index is 12.9. The monoisotopic (exact) mass is 1030 g/mol. The largest absolute Gasteiger partial charge is 0.472 e. The van der Waals surface area contributed by atoms with E-state index >= 15 is 0 Å². The lowest BCUT2D eigenvalue weighted by molar-refractivity contribution is -0.161. The summed E-state index contributed by atoms with van der Waals surface area (Å²) in [6, 6.07) is 0. The molecule has 0 fully saturated rings. The van der Waals surface area contributed by atoms with Crippen LogP contribution in [0.4, 0.5) is 0 Å². The van der Waals surface area contributed by atoms with E-state index in [2.05, 4.69) is 93.7 Å². The molecule has 12 heteroatoms. The molecule has 0 aliphatic rings. The second-order valence-corrected chi connectivity index (χ2v) is 20.5. The van der Waals surface area contributed by atoms with E-state index in [1.807, 2.05) is 0 Å². The number of phosphoric acid groups is 1. The molecule has 0 aromatic carbocycles. The molecule has 0 aromatic heterocycles. The van der Waals surface area contributed by atoms with Crippen LogP contribution in [0.2, 0.25) is 0 Å². The highest BCUT2D eigenvalue weighted by molar-refractivity contribution is 7.47. The molecule has 0 saturated carbocycles. The number of carbonyl (C=O) groups is 3. The van der Waals surface area contributed by atoms with Crippen LogP contribution < -0.4 is 0 Å². The van der Waals surface area contributed by atoms with Gasteiger partial charge in [-0.3, -0.25) is 23.4 Å². The van der Waals surface area contributed by atoms with Crippen molar-refractivity contribution in [2.24, 2.45) is 0 Å². The van der Waals surface area contributed by atoms with E-state index in [0.717, 1.165) is 135 Å². The molecule has 0 saturated heterocycles. The molecule has 11 nitrogen and oxygen atoms in total. The summed E-state index contributed by atoms with van der Waals surface area (Å²) in [5.74, 6) is -1.50. The molecule has 0 radical (unpaired) electrons. The molecule has 3 atom stereocenters. The minimum atomic E-state index is -4.76. The summed E-state index contributed by atoms with van der Waals surface area (Å²) >= 11 is 0. The van der Waals surface area contributed by atoms with Gasteiger partial charge >= 0.3 is 25.7 Å². The van der Waals surface area contributed by atoms with Gasteiger partial charge in [0.2, 0.25) is 0 Å². The molecule has 3 unspecified atom stereocenters. The molecule has 72 heavy (non-hydrogen) atoms. The lowest BCUT2D eigenvalue weighted by Crippen LogP contribution is -2.30. The lowest BCUT2D eigenvalue weighted by atomic mass is 10.1. The van der Waals surface area contributed by atoms with Gasteiger partial charge in [0.15, 0.2) is 6.10 Å². The van der Waals surface area contributed by atoms with Gasteiger partial charge in [-0.05, 0) is 109 Å². The SMILES string of the molecule is CCCC/C=C\CCCCCCCC(=O)OC(CO)COP(=O)(O)OCC(COC(=O)CCCCCCC/C=C\C/C=C\CCCCC)OC(=O)CCCCCCCC/C=C\C/C=C\C/C=C\CCCCC. The third-order valence-electron chi connectivity index (χ3n) is 12.1. The second-order valence-electron chi connectivity index (χ2n) is 19.1. The first-order valence-corrected chi connectivity index (χ1v) is 30.3. The summed E-state index contributed by atoms with van der Waals surface area (Å²) in [5.41, 5.74) is 0. The Balaban J connectivity index is 4.78. The summed E-state index contributed by atoms with van der Waals surface area (Å²) in [6.45, 7) is 4.51. The quantitative estimate of drug-likeness (QED) is 0.0197. The van der Waals surface area contributed by atoms with E-state index in [0.29, 0.717) is 19.3 Å². The van der Waals surface area contributed by atoms with Crippen molar-refractivity contribution in [2.45, 2.75) is 264 Å². The molecule has 0 spiro atoms. The highest BCUT2D eigenvalue weighted by Crippen LogP contribution is 2.43. The molecule has 0 rings (SSSR count). The molecule has 0 heterocycles. The maximum absolute atomic E-state index is 12.9. The fourth-order valence-electron chi connectivity index (χ4n) is 7.61. The minimum Gasteiger partial charge on any atom is -0.462 e. The summed E-state index contributed by atoms with van der Waals surface area (Å²) in [7, 11) is -4.76. The number of carbonyl (C=O) groups excluding carboxylic acids is 3. The third kappa shape index (κ3) is 51.8. The summed E-state index contributed by atoms with van der Waals surface area (Å²) in [5, 5.41) is 9.79. The number of aliphatic hydroxyl groups is 1. The Hall–Kier alpha value is -3.08. The Morgan fingerprint density at radius 1 is 0.389 bits per heavy atom. The van der Waals surface area contributed by atoms with Crippen LogP contribution in [0.3, 0.4) is 0 Å². The molecule has 0 aliphatic heterocycles. The van der Waals surface area contributed by atoms with Crippen molar-refractivity contribution in [1.29, 1.82) is 0 Å². The van der Waals surface area contributed by atoms with E-state index in [9.17, 15) is 28.9 Å². The van der Waals surface area contributed by atoms with Gasteiger partial charge in [-0.15, -0.1) is 0 Å². The van der Waals surface area contributed by atoms with Crippen molar-refractivity contribution in [3.63, 3.8) is 0 Å². The zero-order valence-corrected chi connectivity index (χ0v) is 46.8. The number of rotatable bonds is 53. The van der Waals surface area contributed by atoms with Crippen LogP contribution in [0.15, 0.2) is 72.9 Å². The average molecular weight is 1030 g/mol. The zero-order chi connectivity index (χ0) is 52.7. The smallest absolute Gasteiger partial charge is 0.462 e. The molecule has 0 bridgehead atoms. The number of esters is 3. The van der Waals surface area contributed by atoms with Crippen molar-refractivity contribution in [1.82, 2.24) is 0 Å². The Morgan fingerprint density at radius 2 is 0.694 bits per heavy atom. The van der Waals surface area contributed by atoms with E-state index in [4.69, 9.17) is 23.3 Å². The van der Waals surface area contributed by atoms with Gasteiger partial charge in [-0.1, -0.05) is 196 Å². The first-order chi connectivity index (χ1) is 35.2. The maximum Gasteiger partial charge on any atom is 0.472 e. The van der Waals surface area contributed by atoms with Gasteiger partial charge in [0.1, 0.15) is 12.7 Å². The summed E-state index contributed by atoms with van der Waals surface area (Å²) in [4.78, 5) is 48.5. The minimum absolute atomic E-state index is 0.148. The van der Waals surface area contributed by atoms with Gasteiger partial charge < -0.3 is 24.2 Å². The highest BCUT2D eigenvalue weighted by atomic mass is 31.2. The fourth-order valence-corrected chi connectivity index (χ4v) is 8.39. The Morgan fingerprint density at radius 3 is 1.10 bits per heavy atom. The van der Waals surface area contributed by atoms with Crippen molar-refractivity contribution in [3.8, 4) is 0 Å². The number of hydrogen-bond donors (Lipinski definition) is 2. The van der Waals surface area contributed by atoms with Crippen LogP contribution >= 0.6 is 7.82 Å². The summed E-state index contributed by atoms with van der Waals surface area (Å²) in [6.07, 6.45) is 60.0.